The topological polar surface area (TPSA) is 12.0 Å². The summed E-state index contributed by atoms with van der Waals surface area (Å²) in [4.78, 5) is 0. The highest BCUT2D eigenvalue weighted by Crippen LogP contribution is 2.13. The van der Waals surface area contributed by atoms with Crippen molar-refractivity contribution in [1.29, 1.82) is 0 Å². The summed E-state index contributed by atoms with van der Waals surface area (Å²) in [6.07, 6.45) is 1.09. The van der Waals surface area contributed by atoms with E-state index in [1.807, 2.05) is 6.07 Å². The van der Waals surface area contributed by atoms with Crippen molar-refractivity contribution < 1.29 is 4.39 Å². The third-order valence-electron chi connectivity index (χ3n) is 2.06. The minimum Gasteiger partial charge on any atom is -0.382 e. The molecule has 1 N–H and O–H groups in total. The van der Waals surface area contributed by atoms with Crippen molar-refractivity contribution in [2.45, 2.75) is 33.2 Å². The van der Waals surface area contributed by atoms with Gasteiger partial charge in [0.1, 0.15) is 5.82 Å². The van der Waals surface area contributed by atoms with E-state index in [2.05, 4.69) is 26.1 Å². The Balaban J connectivity index is 2.51. The second kappa shape index (κ2) is 4.99. The lowest BCUT2D eigenvalue weighted by atomic mass is 10.1. The molecule has 0 aliphatic heterocycles. The van der Waals surface area contributed by atoms with Crippen LogP contribution in [-0.2, 0) is 0 Å². The van der Waals surface area contributed by atoms with E-state index < -0.39 is 0 Å². The van der Waals surface area contributed by atoms with Gasteiger partial charge in [-0.2, -0.15) is 0 Å². The van der Waals surface area contributed by atoms with Crippen LogP contribution in [0.4, 0.5) is 10.1 Å². The SMILES string of the molecule is CC(C)CC(C)Nc1cccc(F)c1. The van der Waals surface area contributed by atoms with Crippen molar-refractivity contribution in [3.8, 4) is 0 Å². The highest BCUT2D eigenvalue weighted by molar-refractivity contribution is 5.43. The molecule has 0 fully saturated rings. The summed E-state index contributed by atoms with van der Waals surface area (Å²) in [5.41, 5.74) is 0.859. The fraction of sp³-hybridized carbons (Fsp3) is 0.500. The van der Waals surface area contributed by atoms with Crippen molar-refractivity contribution in [1.82, 2.24) is 0 Å². The summed E-state index contributed by atoms with van der Waals surface area (Å²) in [7, 11) is 0. The number of rotatable bonds is 4. The van der Waals surface area contributed by atoms with Crippen molar-refractivity contribution in [2.24, 2.45) is 5.92 Å². The third-order valence-corrected chi connectivity index (χ3v) is 2.06. The van der Waals surface area contributed by atoms with Gasteiger partial charge >= 0.3 is 0 Å². The first-order valence-corrected chi connectivity index (χ1v) is 5.10. The molecule has 0 saturated heterocycles. The highest BCUT2D eigenvalue weighted by Gasteiger charge is 2.04. The summed E-state index contributed by atoms with van der Waals surface area (Å²) >= 11 is 0. The van der Waals surface area contributed by atoms with Crippen molar-refractivity contribution in [2.75, 3.05) is 5.32 Å². The third kappa shape index (κ3) is 3.77. The number of anilines is 1. The standard InChI is InChI=1S/C12H18FN/c1-9(2)7-10(3)14-12-6-4-5-11(13)8-12/h4-6,8-10,14H,7H2,1-3H3. The van der Waals surface area contributed by atoms with Gasteiger partial charge in [-0.25, -0.2) is 4.39 Å². The average Bonchev–Trinajstić information content (AvgIpc) is 2.01. The molecule has 0 bridgehead atoms. The highest BCUT2D eigenvalue weighted by atomic mass is 19.1. The van der Waals surface area contributed by atoms with E-state index in [0.29, 0.717) is 12.0 Å². The smallest absolute Gasteiger partial charge is 0.125 e. The molecule has 1 atom stereocenters. The van der Waals surface area contributed by atoms with E-state index in [0.717, 1.165) is 12.1 Å². The molecule has 0 heterocycles. The van der Waals surface area contributed by atoms with Crippen LogP contribution >= 0.6 is 0 Å². The Labute approximate surface area is 85.3 Å². The van der Waals surface area contributed by atoms with Crippen LogP contribution in [0.2, 0.25) is 0 Å². The molecule has 0 aromatic heterocycles. The molecule has 1 aromatic carbocycles. The lowest BCUT2D eigenvalue weighted by molar-refractivity contribution is 0.539. The first-order chi connectivity index (χ1) is 6.58. The van der Waals surface area contributed by atoms with E-state index in [1.54, 1.807) is 6.07 Å². The van der Waals surface area contributed by atoms with Gasteiger partial charge in [-0.1, -0.05) is 19.9 Å². The van der Waals surface area contributed by atoms with Gasteiger partial charge in [-0.05, 0) is 37.5 Å². The number of hydrogen-bond acceptors (Lipinski definition) is 1. The monoisotopic (exact) mass is 195 g/mol. The number of halogens is 1. The van der Waals surface area contributed by atoms with Crippen LogP contribution in [0, 0.1) is 11.7 Å². The minimum absolute atomic E-state index is 0.188. The van der Waals surface area contributed by atoms with Crippen molar-refractivity contribution in [3.63, 3.8) is 0 Å². The van der Waals surface area contributed by atoms with Crippen LogP contribution in [0.5, 0.6) is 0 Å². The van der Waals surface area contributed by atoms with Gasteiger partial charge in [0, 0.05) is 11.7 Å². The summed E-state index contributed by atoms with van der Waals surface area (Å²) in [6, 6.07) is 6.98. The molecule has 1 aromatic rings. The Morgan fingerprint density at radius 2 is 2.00 bits per heavy atom. The van der Waals surface area contributed by atoms with Crippen LogP contribution < -0.4 is 5.32 Å². The molecule has 1 nitrogen and oxygen atoms in total. The first-order valence-electron chi connectivity index (χ1n) is 5.10. The molecule has 0 spiro atoms. The summed E-state index contributed by atoms with van der Waals surface area (Å²) in [6.45, 7) is 6.48. The molecule has 0 aliphatic carbocycles. The van der Waals surface area contributed by atoms with Crippen LogP contribution in [0.25, 0.3) is 0 Å². The molecule has 2 heteroatoms. The molecule has 0 saturated carbocycles. The Bertz CT molecular complexity index is 283. The van der Waals surface area contributed by atoms with Gasteiger partial charge in [-0.15, -0.1) is 0 Å². The zero-order valence-electron chi connectivity index (χ0n) is 9.05. The summed E-state index contributed by atoms with van der Waals surface area (Å²) in [5, 5.41) is 3.27. The molecule has 0 aliphatic rings. The lowest BCUT2D eigenvalue weighted by Gasteiger charge is -2.17. The Kier molecular flexibility index (Phi) is 3.93. The molecule has 14 heavy (non-hydrogen) atoms. The molecular formula is C12H18FN. The molecule has 78 valence electrons. The fourth-order valence-corrected chi connectivity index (χ4v) is 1.63. The quantitative estimate of drug-likeness (QED) is 0.773. The maximum absolute atomic E-state index is 12.8. The van der Waals surface area contributed by atoms with Crippen molar-refractivity contribution in [3.05, 3.63) is 30.1 Å². The Hall–Kier alpha value is -1.05. The Morgan fingerprint density at radius 3 is 2.57 bits per heavy atom. The molecule has 1 rings (SSSR count). The summed E-state index contributed by atoms with van der Waals surface area (Å²) in [5.74, 6) is 0.470. The van der Waals surface area contributed by atoms with Crippen molar-refractivity contribution >= 4 is 5.69 Å². The second-order valence-electron chi connectivity index (χ2n) is 4.19. The van der Waals surface area contributed by atoms with Gasteiger partial charge in [-0.3, -0.25) is 0 Å². The van der Waals surface area contributed by atoms with Crippen LogP contribution in [0.3, 0.4) is 0 Å². The molecule has 1 unspecified atom stereocenters. The number of nitrogens with one attached hydrogen (secondary N) is 1. The second-order valence-corrected chi connectivity index (χ2v) is 4.19. The van der Waals surface area contributed by atoms with Crippen LogP contribution in [0.15, 0.2) is 24.3 Å². The van der Waals surface area contributed by atoms with E-state index in [-0.39, 0.29) is 5.82 Å². The van der Waals surface area contributed by atoms with E-state index >= 15 is 0 Å². The van der Waals surface area contributed by atoms with Gasteiger partial charge in [0.15, 0.2) is 0 Å². The van der Waals surface area contributed by atoms with Gasteiger partial charge in [0.2, 0.25) is 0 Å². The van der Waals surface area contributed by atoms with Gasteiger partial charge in [0.25, 0.3) is 0 Å². The predicted molar refractivity (Wildman–Crippen MR) is 58.9 cm³/mol. The van der Waals surface area contributed by atoms with Crippen LogP contribution in [0.1, 0.15) is 27.2 Å². The van der Waals surface area contributed by atoms with Gasteiger partial charge in [0.05, 0.1) is 0 Å². The normalized spacial score (nSPS) is 12.9. The first kappa shape index (κ1) is 11.0. The zero-order valence-corrected chi connectivity index (χ0v) is 9.05. The predicted octanol–water partition coefficient (Wildman–Crippen LogP) is 3.67. The zero-order chi connectivity index (χ0) is 10.6. The molecule has 0 radical (unpaired) electrons. The largest absolute Gasteiger partial charge is 0.382 e. The average molecular weight is 195 g/mol. The fourth-order valence-electron chi connectivity index (χ4n) is 1.63. The van der Waals surface area contributed by atoms with E-state index in [9.17, 15) is 4.39 Å². The maximum Gasteiger partial charge on any atom is 0.125 e. The van der Waals surface area contributed by atoms with E-state index in [4.69, 9.17) is 0 Å². The minimum atomic E-state index is -0.188. The van der Waals surface area contributed by atoms with Crippen LogP contribution in [-0.4, -0.2) is 6.04 Å². The lowest BCUT2D eigenvalue weighted by Crippen LogP contribution is -2.17. The Morgan fingerprint density at radius 1 is 1.29 bits per heavy atom. The maximum atomic E-state index is 12.8. The van der Waals surface area contributed by atoms with Gasteiger partial charge < -0.3 is 5.32 Å². The molecule has 0 amide bonds. The number of hydrogen-bond donors (Lipinski definition) is 1. The summed E-state index contributed by atoms with van der Waals surface area (Å²) < 4.78 is 12.8. The molecular weight excluding hydrogens is 177 g/mol. The number of benzene rings is 1. The van der Waals surface area contributed by atoms with E-state index in [1.165, 1.54) is 12.1 Å².